The second-order valence-electron chi connectivity index (χ2n) is 14.5. The molecule has 0 amide bonds. The topological polar surface area (TPSA) is 21.3 Å². The van der Waals surface area contributed by atoms with Crippen molar-refractivity contribution in [3.63, 3.8) is 0 Å². The van der Waals surface area contributed by atoms with Crippen LogP contribution in [0.3, 0.4) is 0 Å². The standard InChI is InChI=1S/C54H36N2O/c1-4-15-37(16-5-1)40-29-33-44(38-17-6-2-7-18-38)51(35-40)55(43-32-34-47-46-21-11-13-26-52(46)57-53(47)36-43)42-30-27-39(28-31-42)45-23-14-25-50-54(45)48-22-10-12-24-49(48)56(50)41-19-8-3-9-20-41/h1-36H. The summed E-state index contributed by atoms with van der Waals surface area (Å²) in [6.07, 6.45) is 0. The summed E-state index contributed by atoms with van der Waals surface area (Å²) >= 11 is 0. The van der Waals surface area contributed by atoms with Gasteiger partial charge < -0.3 is 13.9 Å². The van der Waals surface area contributed by atoms with Gasteiger partial charge in [-0.1, -0.05) is 152 Å². The predicted molar refractivity (Wildman–Crippen MR) is 239 cm³/mol. The van der Waals surface area contributed by atoms with Crippen molar-refractivity contribution in [2.24, 2.45) is 0 Å². The molecule has 3 nitrogen and oxygen atoms in total. The highest BCUT2D eigenvalue weighted by Crippen LogP contribution is 2.45. The molecule has 11 aromatic rings. The molecule has 0 unspecified atom stereocenters. The molecule has 2 heterocycles. The number of hydrogen-bond acceptors (Lipinski definition) is 2. The van der Waals surface area contributed by atoms with Crippen LogP contribution in [0.1, 0.15) is 0 Å². The van der Waals surface area contributed by atoms with Crippen molar-refractivity contribution < 1.29 is 4.42 Å². The number of hydrogen-bond donors (Lipinski definition) is 0. The Morgan fingerprint density at radius 1 is 0.351 bits per heavy atom. The van der Waals surface area contributed by atoms with E-state index in [1.807, 2.05) is 12.1 Å². The Bertz CT molecular complexity index is 3220. The van der Waals surface area contributed by atoms with E-state index in [2.05, 4.69) is 216 Å². The van der Waals surface area contributed by atoms with Gasteiger partial charge >= 0.3 is 0 Å². The van der Waals surface area contributed by atoms with Crippen LogP contribution in [-0.4, -0.2) is 4.57 Å². The first-order valence-corrected chi connectivity index (χ1v) is 19.4. The quantitative estimate of drug-likeness (QED) is 0.163. The van der Waals surface area contributed by atoms with Gasteiger partial charge in [0.2, 0.25) is 0 Å². The normalized spacial score (nSPS) is 11.5. The molecular weight excluding hydrogens is 693 g/mol. The van der Waals surface area contributed by atoms with E-state index in [0.29, 0.717) is 0 Å². The average Bonchev–Trinajstić information content (AvgIpc) is 3.83. The van der Waals surface area contributed by atoms with Gasteiger partial charge in [0.15, 0.2) is 0 Å². The second kappa shape index (κ2) is 13.6. The third-order valence-corrected chi connectivity index (χ3v) is 11.2. The first kappa shape index (κ1) is 32.8. The highest BCUT2D eigenvalue weighted by Gasteiger charge is 2.21. The van der Waals surface area contributed by atoms with Gasteiger partial charge in [0.05, 0.1) is 16.7 Å². The number of benzene rings is 9. The van der Waals surface area contributed by atoms with Crippen molar-refractivity contribution in [1.82, 2.24) is 4.57 Å². The molecule has 0 N–H and O–H groups in total. The number of furan rings is 1. The molecule has 0 saturated carbocycles. The van der Waals surface area contributed by atoms with E-state index >= 15 is 0 Å². The van der Waals surface area contributed by atoms with Gasteiger partial charge in [-0.2, -0.15) is 0 Å². The van der Waals surface area contributed by atoms with Crippen molar-refractivity contribution in [1.29, 1.82) is 0 Å². The van der Waals surface area contributed by atoms with Crippen molar-refractivity contribution in [3.8, 4) is 39.1 Å². The Morgan fingerprint density at radius 3 is 1.74 bits per heavy atom. The van der Waals surface area contributed by atoms with Gasteiger partial charge in [-0.25, -0.2) is 0 Å². The number of para-hydroxylation sites is 3. The Balaban J connectivity index is 1.12. The Labute approximate surface area is 330 Å². The SMILES string of the molecule is c1ccc(-c2ccc(-c3ccccc3)c(N(c3ccc(-c4cccc5c4c4ccccc4n5-c4ccccc4)cc3)c3ccc4c(c3)oc3ccccc34)c2)cc1. The van der Waals surface area contributed by atoms with E-state index in [1.165, 1.54) is 32.9 Å². The Kier molecular flexibility index (Phi) is 7.82. The highest BCUT2D eigenvalue weighted by molar-refractivity contribution is 6.16. The number of nitrogens with zero attached hydrogens (tertiary/aromatic N) is 2. The molecule has 0 atom stereocenters. The third-order valence-electron chi connectivity index (χ3n) is 11.2. The van der Waals surface area contributed by atoms with E-state index in [1.54, 1.807) is 0 Å². The van der Waals surface area contributed by atoms with Gasteiger partial charge in [0.25, 0.3) is 0 Å². The molecule has 0 aliphatic heterocycles. The largest absolute Gasteiger partial charge is 0.456 e. The van der Waals surface area contributed by atoms with Gasteiger partial charge in [-0.05, 0) is 88.5 Å². The Hall–Kier alpha value is -7.62. The van der Waals surface area contributed by atoms with Crippen LogP contribution in [0.2, 0.25) is 0 Å². The fraction of sp³-hybridized carbons (Fsp3) is 0. The van der Waals surface area contributed by atoms with Gasteiger partial charge in [-0.15, -0.1) is 0 Å². The fourth-order valence-electron chi connectivity index (χ4n) is 8.57. The molecule has 0 aliphatic carbocycles. The van der Waals surface area contributed by atoms with Crippen LogP contribution in [0.4, 0.5) is 17.1 Å². The zero-order valence-electron chi connectivity index (χ0n) is 31.1. The number of aromatic nitrogens is 1. The molecule has 2 aromatic heterocycles. The molecule has 0 saturated heterocycles. The minimum Gasteiger partial charge on any atom is -0.456 e. The van der Waals surface area contributed by atoms with E-state index in [9.17, 15) is 0 Å². The van der Waals surface area contributed by atoms with Crippen molar-refractivity contribution in [2.75, 3.05) is 4.90 Å². The molecule has 268 valence electrons. The zero-order chi connectivity index (χ0) is 37.7. The summed E-state index contributed by atoms with van der Waals surface area (Å²) in [7, 11) is 0. The van der Waals surface area contributed by atoms with Gasteiger partial charge in [0.1, 0.15) is 11.2 Å². The lowest BCUT2D eigenvalue weighted by molar-refractivity contribution is 0.669. The van der Waals surface area contributed by atoms with Crippen LogP contribution in [0, 0.1) is 0 Å². The van der Waals surface area contributed by atoms with Crippen molar-refractivity contribution >= 4 is 60.8 Å². The second-order valence-corrected chi connectivity index (χ2v) is 14.5. The van der Waals surface area contributed by atoms with Crippen LogP contribution in [0.5, 0.6) is 0 Å². The molecule has 0 spiro atoms. The van der Waals surface area contributed by atoms with Crippen molar-refractivity contribution in [3.05, 3.63) is 218 Å². The lowest BCUT2D eigenvalue weighted by Crippen LogP contribution is -2.11. The number of anilines is 3. The number of fused-ring (bicyclic) bond motifs is 6. The zero-order valence-corrected chi connectivity index (χ0v) is 31.1. The lowest BCUT2D eigenvalue weighted by Gasteiger charge is -2.29. The first-order chi connectivity index (χ1) is 28.3. The summed E-state index contributed by atoms with van der Waals surface area (Å²) in [4.78, 5) is 2.38. The molecule has 0 radical (unpaired) electrons. The minimum absolute atomic E-state index is 0.859. The molecule has 9 aromatic carbocycles. The summed E-state index contributed by atoms with van der Waals surface area (Å²) in [5.74, 6) is 0. The van der Waals surface area contributed by atoms with E-state index in [0.717, 1.165) is 66.9 Å². The van der Waals surface area contributed by atoms with E-state index in [4.69, 9.17) is 4.42 Å². The monoisotopic (exact) mass is 728 g/mol. The first-order valence-electron chi connectivity index (χ1n) is 19.4. The molecule has 3 heteroatoms. The molecule has 57 heavy (non-hydrogen) atoms. The van der Waals surface area contributed by atoms with Crippen LogP contribution < -0.4 is 4.90 Å². The maximum atomic E-state index is 6.48. The highest BCUT2D eigenvalue weighted by atomic mass is 16.3. The Morgan fingerprint density at radius 2 is 0.947 bits per heavy atom. The summed E-state index contributed by atoms with van der Waals surface area (Å²) in [5.41, 5.74) is 15.4. The summed E-state index contributed by atoms with van der Waals surface area (Å²) < 4.78 is 8.86. The molecule has 0 fully saturated rings. The number of rotatable bonds is 7. The van der Waals surface area contributed by atoms with E-state index < -0.39 is 0 Å². The maximum Gasteiger partial charge on any atom is 0.137 e. The van der Waals surface area contributed by atoms with Gasteiger partial charge in [-0.3, -0.25) is 0 Å². The molecule has 0 bridgehead atoms. The van der Waals surface area contributed by atoms with Crippen LogP contribution >= 0.6 is 0 Å². The van der Waals surface area contributed by atoms with Crippen LogP contribution in [0.25, 0.3) is 82.8 Å². The van der Waals surface area contributed by atoms with Crippen molar-refractivity contribution in [2.45, 2.75) is 0 Å². The van der Waals surface area contributed by atoms with Crippen LogP contribution in [-0.2, 0) is 0 Å². The molecule has 0 aliphatic rings. The lowest BCUT2D eigenvalue weighted by atomic mass is 9.96. The average molecular weight is 729 g/mol. The molecular formula is C54H36N2O. The fourth-order valence-corrected chi connectivity index (χ4v) is 8.57. The van der Waals surface area contributed by atoms with Gasteiger partial charge in [0, 0.05) is 50.2 Å². The molecule has 11 rings (SSSR count). The third kappa shape index (κ3) is 5.60. The summed E-state index contributed by atoms with van der Waals surface area (Å²) in [5, 5.41) is 4.71. The smallest absolute Gasteiger partial charge is 0.137 e. The predicted octanol–water partition coefficient (Wildman–Crippen LogP) is 15.2. The van der Waals surface area contributed by atoms with E-state index in [-0.39, 0.29) is 0 Å². The van der Waals surface area contributed by atoms with Crippen LogP contribution in [0.15, 0.2) is 223 Å². The summed E-state index contributed by atoms with van der Waals surface area (Å²) in [6, 6.07) is 78.1. The minimum atomic E-state index is 0.859. The summed E-state index contributed by atoms with van der Waals surface area (Å²) in [6.45, 7) is 0. The maximum absolute atomic E-state index is 6.48.